The molecule has 0 unspecified atom stereocenters. The highest BCUT2D eigenvalue weighted by atomic mass is 16.5. The molecule has 2 aromatic carbocycles. The quantitative estimate of drug-likeness (QED) is 0.790. The van der Waals surface area contributed by atoms with Gasteiger partial charge in [0.25, 0.3) is 0 Å². The highest BCUT2D eigenvalue weighted by Gasteiger charge is 1.98. The standard InChI is InChI=1S/C13H12BO2/c1-10-2-4-11(5-3-10)12-6-8-13(9-7-12)16-14-15/h2-9,15H,1H3. The molecule has 0 aromatic heterocycles. The first-order valence-electron chi connectivity index (χ1n) is 5.09. The second-order valence-electron chi connectivity index (χ2n) is 3.61. The smallest absolute Gasteiger partial charge is 0.537 e. The molecule has 0 atom stereocenters. The van der Waals surface area contributed by atoms with Crippen LogP contribution in [-0.2, 0) is 0 Å². The van der Waals surface area contributed by atoms with Crippen LogP contribution in [0.2, 0.25) is 0 Å². The Morgan fingerprint density at radius 1 is 0.875 bits per heavy atom. The van der Waals surface area contributed by atoms with E-state index in [4.69, 9.17) is 9.68 Å². The van der Waals surface area contributed by atoms with Crippen molar-refractivity contribution in [3.63, 3.8) is 0 Å². The van der Waals surface area contributed by atoms with Crippen LogP contribution in [-0.4, -0.2) is 12.7 Å². The van der Waals surface area contributed by atoms with Gasteiger partial charge >= 0.3 is 7.69 Å². The fourth-order valence-corrected chi connectivity index (χ4v) is 1.53. The van der Waals surface area contributed by atoms with Gasteiger partial charge in [0, 0.05) is 0 Å². The van der Waals surface area contributed by atoms with Crippen LogP contribution in [0.3, 0.4) is 0 Å². The van der Waals surface area contributed by atoms with E-state index in [9.17, 15) is 0 Å². The van der Waals surface area contributed by atoms with Gasteiger partial charge in [-0.3, -0.25) is 0 Å². The normalized spacial score (nSPS) is 9.88. The van der Waals surface area contributed by atoms with E-state index in [-0.39, 0.29) is 0 Å². The summed E-state index contributed by atoms with van der Waals surface area (Å²) in [5.74, 6) is 0.623. The van der Waals surface area contributed by atoms with Gasteiger partial charge in [-0.2, -0.15) is 0 Å². The summed E-state index contributed by atoms with van der Waals surface area (Å²) in [5, 5.41) is 8.49. The van der Waals surface area contributed by atoms with Crippen LogP contribution in [0.15, 0.2) is 48.5 Å². The summed E-state index contributed by atoms with van der Waals surface area (Å²) in [6, 6.07) is 15.9. The van der Waals surface area contributed by atoms with Crippen molar-refractivity contribution in [1.82, 2.24) is 0 Å². The lowest BCUT2D eigenvalue weighted by Crippen LogP contribution is -1.99. The Hall–Kier alpha value is -1.74. The maximum Gasteiger partial charge on any atom is 0.569 e. The molecule has 3 heteroatoms. The highest BCUT2D eigenvalue weighted by molar-refractivity contribution is 6.17. The highest BCUT2D eigenvalue weighted by Crippen LogP contribution is 2.22. The summed E-state index contributed by atoms with van der Waals surface area (Å²) in [5.41, 5.74) is 3.55. The van der Waals surface area contributed by atoms with Crippen molar-refractivity contribution in [2.45, 2.75) is 6.92 Å². The van der Waals surface area contributed by atoms with E-state index in [1.54, 1.807) is 0 Å². The van der Waals surface area contributed by atoms with E-state index in [0.717, 1.165) is 5.56 Å². The van der Waals surface area contributed by atoms with Gasteiger partial charge in [-0.15, -0.1) is 0 Å². The van der Waals surface area contributed by atoms with E-state index in [0.29, 0.717) is 13.4 Å². The Morgan fingerprint density at radius 3 is 1.88 bits per heavy atom. The molecule has 0 aliphatic heterocycles. The first-order valence-corrected chi connectivity index (χ1v) is 5.09. The molecular weight excluding hydrogens is 199 g/mol. The molecule has 0 aliphatic rings. The van der Waals surface area contributed by atoms with Gasteiger partial charge in [-0.1, -0.05) is 42.0 Å². The molecular formula is C13H12BO2. The number of hydrogen-bond acceptors (Lipinski definition) is 2. The van der Waals surface area contributed by atoms with Gasteiger partial charge < -0.3 is 9.68 Å². The summed E-state index contributed by atoms with van der Waals surface area (Å²) in [6.07, 6.45) is 0. The Kier molecular flexibility index (Phi) is 3.27. The van der Waals surface area contributed by atoms with E-state index in [1.807, 2.05) is 24.3 Å². The lowest BCUT2D eigenvalue weighted by molar-refractivity contribution is 0.454. The Morgan fingerprint density at radius 2 is 1.38 bits per heavy atom. The predicted octanol–water partition coefficient (Wildman–Crippen LogP) is 2.57. The van der Waals surface area contributed by atoms with Crippen LogP contribution in [0, 0.1) is 6.92 Å². The van der Waals surface area contributed by atoms with Gasteiger partial charge in [0.05, 0.1) is 0 Å². The van der Waals surface area contributed by atoms with Crippen LogP contribution >= 0.6 is 0 Å². The summed E-state index contributed by atoms with van der Waals surface area (Å²) < 4.78 is 4.85. The Balaban J connectivity index is 2.24. The SMILES string of the molecule is Cc1ccc(-c2ccc(O[B]O)cc2)cc1. The van der Waals surface area contributed by atoms with Crippen LogP contribution in [0.5, 0.6) is 5.75 Å². The fraction of sp³-hybridized carbons (Fsp3) is 0.0769. The summed E-state index contributed by atoms with van der Waals surface area (Å²) >= 11 is 0. The van der Waals surface area contributed by atoms with Gasteiger partial charge in [0.2, 0.25) is 0 Å². The molecule has 2 rings (SSSR count). The number of aryl methyl sites for hydroxylation is 1. The second kappa shape index (κ2) is 4.86. The number of rotatable bonds is 3. The van der Waals surface area contributed by atoms with Gasteiger partial charge in [-0.25, -0.2) is 0 Å². The number of benzene rings is 2. The lowest BCUT2D eigenvalue weighted by Gasteiger charge is -2.04. The molecule has 79 valence electrons. The third-order valence-electron chi connectivity index (χ3n) is 2.43. The fourth-order valence-electron chi connectivity index (χ4n) is 1.53. The van der Waals surface area contributed by atoms with E-state index in [2.05, 4.69) is 31.2 Å². The second-order valence-corrected chi connectivity index (χ2v) is 3.61. The van der Waals surface area contributed by atoms with Gasteiger partial charge in [-0.05, 0) is 30.2 Å². The maximum atomic E-state index is 8.49. The van der Waals surface area contributed by atoms with Crippen molar-refractivity contribution in [3.05, 3.63) is 54.1 Å². The van der Waals surface area contributed by atoms with Crippen molar-refractivity contribution in [3.8, 4) is 16.9 Å². The molecule has 0 aliphatic carbocycles. The topological polar surface area (TPSA) is 29.5 Å². The zero-order chi connectivity index (χ0) is 11.4. The van der Waals surface area contributed by atoms with Gasteiger partial charge in [0.15, 0.2) is 0 Å². The van der Waals surface area contributed by atoms with Crippen LogP contribution in [0.4, 0.5) is 0 Å². The Bertz CT molecular complexity index is 448. The molecule has 0 fully saturated rings. The molecule has 2 nitrogen and oxygen atoms in total. The van der Waals surface area contributed by atoms with Crippen LogP contribution in [0.25, 0.3) is 11.1 Å². The zero-order valence-electron chi connectivity index (χ0n) is 9.05. The predicted molar refractivity (Wildman–Crippen MR) is 65.2 cm³/mol. The molecule has 0 bridgehead atoms. The molecule has 1 N–H and O–H groups in total. The van der Waals surface area contributed by atoms with Crippen molar-refractivity contribution in [2.75, 3.05) is 0 Å². The van der Waals surface area contributed by atoms with Crippen molar-refractivity contribution in [2.24, 2.45) is 0 Å². The average molecular weight is 211 g/mol. The summed E-state index contributed by atoms with van der Waals surface area (Å²) in [6.45, 7) is 2.07. The minimum Gasteiger partial charge on any atom is -0.537 e. The first kappa shape index (κ1) is 10.8. The minimum absolute atomic E-state index is 0.623. The molecule has 1 radical (unpaired) electrons. The van der Waals surface area contributed by atoms with Crippen molar-refractivity contribution < 1.29 is 9.68 Å². The summed E-state index contributed by atoms with van der Waals surface area (Å²) in [4.78, 5) is 0. The first-order chi connectivity index (χ1) is 7.79. The van der Waals surface area contributed by atoms with Crippen LogP contribution < -0.4 is 4.65 Å². The minimum atomic E-state index is 0.623. The third kappa shape index (κ3) is 2.44. The molecule has 0 spiro atoms. The third-order valence-corrected chi connectivity index (χ3v) is 2.43. The monoisotopic (exact) mass is 211 g/mol. The van der Waals surface area contributed by atoms with Gasteiger partial charge in [0.1, 0.15) is 5.75 Å². The largest absolute Gasteiger partial charge is 0.569 e. The average Bonchev–Trinajstić information content (AvgIpc) is 2.32. The summed E-state index contributed by atoms with van der Waals surface area (Å²) in [7, 11) is 0.681. The van der Waals surface area contributed by atoms with E-state index >= 15 is 0 Å². The number of hydrogen-bond donors (Lipinski definition) is 1. The van der Waals surface area contributed by atoms with Crippen molar-refractivity contribution >= 4 is 7.69 Å². The molecule has 0 heterocycles. The Labute approximate surface area is 95.8 Å². The molecule has 0 saturated heterocycles. The molecule has 0 amide bonds. The zero-order valence-corrected chi connectivity index (χ0v) is 9.05. The molecule has 2 aromatic rings. The maximum absolute atomic E-state index is 8.49. The molecule has 0 saturated carbocycles. The van der Waals surface area contributed by atoms with E-state index < -0.39 is 0 Å². The molecule has 16 heavy (non-hydrogen) atoms. The lowest BCUT2D eigenvalue weighted by atomic mass is 10.0. The van der Waals surface area contributed by atoms with E-state index in [1.165, 1.54) is 11.1 Å². The van der Waals surface area contributed by atoms with Crippen LogP contribution in [0.1, 0.15) is 5.56 Å². The van der Waals surface area contributed by atoms with Crippen molar-refractivity contribution in [1.29, 1.82) is 0 Å².